The van der Waals surface area contributed by atoms with Gasteiger partial charge in [-0.1, -0.05) is 51.5 Å². The van der Waals surface area contributed by atoms with Gasteiger partial charge in [0.1, 0.15) is 18.2 Å². The van der Waals surface area contributed by atoms with Gasteiger partial charge in [-0.2, -0.15) is 4.31 Å². The molecular weight excluding hydrogens is 560 g/mol. The molecule has 0 radical (unpaired) electrons. The van der Waals surface area contributed by atoms with E-state index in [2.05, 4.69) is 25.7 Å². The van der Waals surface area contributed by atoms with E-state index in [9.17, 15) is 13.2 Å². The summed E-state index contributed by atoms with van der Waals surface area (Å²) in [5, 5.41) is 0.462. The van der Waals surface area contributed by atoms with Crippen LogP contribution in [-0.4, -0.2) is 60.5 Å². The number of ether oxygens (including phenoxy) is 1. The highest BCUT2D eigenvalue weighted by Crippen LogP contribution is 2.29. The molecule has 1 aliphatic rings. The number of aromatic nitrogens is 2. The lowest BCUT2D eigenvalue weighted by Crippen LogP contribution is -2.35. The first-order valence-corrected chi connectivity index (χ1v) is 16.5. The summed E-state index contributed by atoms with van der Waals surface area (Å²) in [5.74, 6) is 1.05. The average Bonchev–Trinajstić information content (AvgIpc) is 3.01. The molecule has 1 saturated heterocycles. The van der Waals surface area contributed by atoms with Gasteiger partial charge < -0.3 is 4.74 Å². The average molecular weight is 603 g/mol. The highest BCUT2D eigenvalue weighted by molar-refractivity contribution is 7.89. The predicted octanol–water partition coefficient (Wildman–Crippen LogP) is 5.93. The third-order valence-electron chi connectivity index (χ3n) is 8.34. The molecule has 5 rings (SSSR count). The number of benzene rings is 3. The van der Waals surface area contributed by atoms with Crippen LogP contribution < -0.4 is 10.3 Å². The second kappa shape index (κ2) is 12.6. The summed E-state index contributed by atoms with van der Waals surface area (Å²) in [6.07, 6.45) is 3.78. The molecule has 1 fully saturated rings. The molecule has 1 unspecified atom stereocenters. The molecule has 9 heteroatoms. The van der Waals surface area contributed by atoms with E-state index in [-0.39, 0.29) is 15.9 Å². The van der Waals surface area contributed by atoms with E-state index in [0.717, 1.165) is 30.9 Å². The highest BCUT2D eigenvalue weighted by atomic mass is 32.2. The smallest absolute Gasteiger partial charge is 0.266 e. The molecule has 1 atom stereocenters. The van der Waals surface area contributed by atoms with Gasteiger partial charge in [-0.25, -0.2) is 13.4 Å². The molecule has 0 spiro atoms. The van der Waals surface area contributed by atoms with Gasteiger partial charge >= 0.3 is 0 Å². The van der Waals surface area contributed by atoms with Crippen molar-refractivity contribution in [3.05, 3.63) is 94.5 Å². The normalized spacial score (nSPS) is 15.6. The maximum atomic E-state index is 13.9. The van der Waals surface area contributed by atoms with Gasteiger partial charge in [0.2, 0.25) is 10.0 Å². The number of para-hydroxylation sites is 1. The minimum absolute atomic E-state index is 0.0968. The third-order valence-corrected chi connectivity index (χ3v) is 10.3. The molecule has 3 aromatic carbocycles. The lowest BCUT2D eigenvalue weighted by molar-refractivity contribution is 0.183. The van der Waals surface area contributed by atoms with Crippen molar-refractivity contribution >= 4 is 20.9 Å². The minimum Gasteiger partial charge on any atom is -0.492 e. The molecule has 0 bridgehead atoms. The second-order valence-corrected chi connectivity index (χ2v) is 14.3. The van der Waals surface area contributed by atoms with E-state index in [1.165, 1.54) is 35.2 Å². The monoisotopic (exact) mass is 602 g/mol. The van der Waals surface area contributed by atoms with Crippen molar-refractivity contribution in [2.24, 2.45) is 0 Å². The summed E-state index contributed by atoms with van der Waals surface area (Å²) < 4.78 is 36.3. The van der Waals surface area contributed by atoms with Crippen molar-refractivity contribution < 1.29 is 13.2 Å². The molecule has 0 aliphatic carbocycles. The molecule has 1 aliphatic heterocycles. The molecule has 4 aromatic rings. The number of rotatable bonds is 9. The Hall–Kier alpha value is -3.53. The van der Waals surface area contributed by atoms with Crippen molar-refractivity contribution in [1.29, 1.82) is 0 Å². The Balaban J connectivity index is 1.45. The predicted molar refractivity (Wildman–Crippen MR) is 172 cm³/mol. The standard InChI is InChI=1S/C34H42N4O4S/c1-25(36(5)43(40,41)29-19-13-26(14-20-29)34(2,3)4)32-35-31-12-8-7-11-30(31)33(39)38(32)27-15-17-28(18-16-27)42-24-23-37-21-9-6-10-22-37/h7-8,11-20,25H,6,9-10,21-24H2,1-5H3. The van der Waals surface area contributed by atoms with Crippen LogP contribution in [0.25, 0.3) is 16.6 Å². The van der Waals surface area contributed by atoms with Gasteiger partial charge in [0.05, 0.1) is 27.5 Å². The number of sulfonamides is 1. The van der Waals surface area contributed by atoms with Gasteiger partial charge in [0, 0.05) is 13.6 Å². The molecule has 1 aromatic heterocycles. The fourth-order valence-corrected chi connectivity index (χ4v) is 6.83. The fraction of sp³-hybridized carbons (Fsp3) is 0.412. The lowest BCUT2D eigenvalue weighted by Gasteiger charge is -2.27. The van der Waals surface area contributed by atoms with Crippen molar-refractivity contribution in [3.63, 3.8) is 0 Å². The van der Waals surface area contributed by atoms with Crippen LogP contribution in [0.3, 0.4) is 0 Å². The first kappa shape index (κ1) is 30.9. The molecule has 0 N–H and O–H groups in total. The summed E-state index contributed by atoms with van der Waals surface area (Å²) in [4.78, 5) is 21.3. The summed E-state index contributed by atoms with van der Waals surface area (Å²) in [6.45, 7) is 11.7. The van der Waals surface area contributed by atoms with Gasteiger partial charge in [0.25, 0.3) is 5.56 Å². The Morgan fingerprint density at radius 1 is 0.930 bits per heavy atom. The number of piperidine rings is 1. The first-order valence-electron chi connectivity index (χ1n) is 15.0. The number of fused-ring (bicyclic) bond motifs is 1. The van der Waals surface area contributed by atoms with Gasteiger partial charge in [-0.05, 0) is 92.4 Å². The lowest BCUT2D eigenvalue weighted by atomic mass is 9.87. The van der Waals surface area contributed by atoms with Crippen LogP contribution in [0.2, 0.25) is 0 Å². The van der Waals surface area contributed by atoms with E-state index in [4.69, 9.17) is 9.72 Å². The zero-order valence-electron chi connectivity index (χ0n) is 25.8. The molecule has 2 heterocycles. The summed E-state index contributed by atoms with van der Waals surface area (Å²) in [7, 11) is -2.36. The quantitative estimate of drug-likeness (QED) is 0.236. The van der Waals surface area contributed by atoms with Crippen LogP contribution in [-0.2, 0) is 15.4 Å². The van der Waals surface area contributed by atoms with Crippen molar-refractivity contribution in [1.82, 2.24) is 18.8 Å². The van der Waals surface area contributed by atoms with E-state index in [1.54, 1.807) is 37.3 Å². The van der Waals surface area contributed by atoms with Crippen LogP contribution in [0.5, 0.6) is 5.75 Å². The highest BCUT2D eigenvalue weighted by Gasteiger charge is 2.30. The summed E-state index contributed by atoms with van der Waals surface area (Å²) >= 11 is 0. The van der Waals surface area contributed by atoms with Crippen LogP contribution in [0.15, 0.2) is 82.5 Å². The summed E-state index contributed by atoms with van der Waals surface area (Å²) in [5.41, 5.74) is 1.80. The van der Waals surface area contributed by atoms with E-state index in [1.807, 2.05) is 42.5 Å². The van der Waals surface area contributed by atoms with Crippen molar-refractivity contribution in [2.75, 3.05) is 33.3 Å². The molecule has 43 heavy (non-hydrogen) atoms. The largest absolute Gasteiger partial charge is 0.492 e. The number of likely N-dealkylation sites (tertiary alicyclic amines) is 1. The van der Waals surface area contributed by atoms with E-state index in [0.29, 0.717) is 29.0 Å². The number of hydrogen-bond donors (Lipinski definition) is 0. The minimum atomic E-state index is -3.89. The van der Waals surface area contributed by atoms with Crippen LogP contribution in [0, 0.1) is 0 Å². The maximum Gasteiger partial charge on any atom is 0.266 e. The Morgan fingerprint density at radius 3 is 2.23 bits per heavy atom. The van der Waals surface area contributed by atoms with Crippen molar-refractivity contribution in [3.8, 4) is 11.4 Å². The molecular formula is C34H42N4O4S. The van der Waals surface area contributed by atoms with Gasteiger partial charge in [-0.3, -0.25) is 14.3 Å². The van der Waals surface area contributed by atoms with Gasteiger partial charge in [-0.15, -0.1) is 0 Å². The maximum absolute atomic E-state index is 13.9. The van der Waals surface area contributed by atoms with E-state index < -0.39 is 16.1 Å². The Morgan fingerprint density at radius 2 is 1.58 bits per heavy atom. The van der Waals surface area contributed by atoms with Gasteiger partial charge in [0.15, 0.2) is 0 Å². The second-order valence-electron chi connectivity index (χ2n) is 12.3. The third kappa shape index (κ3) is 6.69. The number of nitrogens with zero attached hydrogens (tertiary/aromatic N) is 4. The molecule has 0 saturated carbocycles. The zero-order chi connectivity index (χ0) is 30.8. The van der Waals surface area contributed by atoms with Crippen LogP contribution in [0.1, 0.15) is 64.4 Å². The SMILES string of the molecule is CC(c1nc2ccccc2c(=O)n1-c1ccc(OCCN2CCCCC2)cc1)N(C)S(=O)(=O)c1ccc(C(C)(C)C)cc1. The fourth-order valence-electron chi connectivity index (χ4n) is 5.51. The van der Waals surface area contributed by atoms with Crippen LogP contribution in [0.4, 0.5) is 0 Å². The summed E-state index contributed by atoms with van der Waals surface area (Å²) in [6, 6.07) is 20.7. The molecule has 8 nitrogen and oxygen atoms in total. The molecule has 228 valence electrons. The molecule has 0 amide bonds. The Labute approximate surface area is 255 Å². The Bertz CT molecular complexity index is 1720. The zero-order valence-corrected chi connectivity index (χ0v) is 26.6. The van der Waals surface area contributed by atoms with E-state index >= 15 is 0 Å². The van der Waals surface area contributed by atoms with Crippen LogP contribution >= 0.6 is 0 Å². The van der Waals surface area contributed by atoms with Crippen molar-refractivity contribution in [2.45, 2.75) is 63.3 Å². The first-order chi connectivity index (χ1) is 20.5. The Kier molecular flexibility index (Phi) is 9.06. The number of hydrogen-bond acceptors (Lipinski definition) is 6. The topological polar surface area (TPSA) is 84.7 Å².